The molecular formula is C21H18ClN5O3. The predicted octanol–water partition coefficient (Wildman–Crippen LogP) is 2.81. The second kappa shape index (κ2) is 8.40. The number of nitrogens with zero attached hydrogens (tertiary/aromatic N) is 3. The van der Waals surface area contributed by atoms with Crippen LogP contribution in [0.2, 0.25) is 5.02 Å². The molecule has 0 radical (unpaired) electrons. The van der Waals surface area contributed by atoms with Crippen molar-refractivity contribution < 1.29 is 9.90 Å². The van der Waals surface area contributed by atoms with E-state index in [2.05, 4.69) is 16.2 Å². The minimum atomic E-state index is -1.07. The Hall–Kier alpha value is -3.62. The zero-order chi connectivity index (χ0) is 21.1. The Morgan fingerprint density at radius 2 is 1.93 bits per heavy atom. The summed E-state index contributed by atoms with van der Waals surface area (Å²) in [6.07, 6.45) is 3.26. The fraction of sp³-hybridized carbons (Fsp3) is 0.0952. The largest absolute Gasteiger partial charge is 0.480 e. The molecule has 2 aromatic carbocycles. The Bertz CT molecular complexity index is 1160. The molecule has 1 aromatic heterocycles. The van der Waals surface area contributed by atoms with Crippen LogP contribution in [0.4, 0.5) is 5.69 Å². The highest BCUT2D eigenvalue weighted by Gasteiger charge is 2.22. The molecule has 1 aliphatic rings. The molecule has 3 N–H and O–H groups in total. The molecule has 1 unspecified atom stereocenters. The average Bonchev–Trinajstić information content (AvgIpc) is 3.27. The quantitative estimate of drug-likeness (QED) is 0.564. The highest BCUT2D eigenvalue weighted by Crippen LogP contribution is 2.32. The Morgan fingerprint density at radius 1 is 1.13 bits per heavy atom. The van der Waals surface area contributed by atoms with Gasteiger partial charge in [-0.1, -0.05) is 41.9 Å². The van der Waals surface area contributed by atoms with Gasteiger partial charge in [0.1, 0.15) is 12.4 Å². The fourth-order valence-corrected chi connectivity index (χ4v) is 3.50. The number of anilines is 1. The van der Waals surface area contributed by atoms with E-state index < -0.39 is 17.6 Å². The number of hydrazine groups is 2. The third-order valence-corrected chi connectivity index (χ3v) is 5.01. The van der Waals surface area contributed by atoms with E-state index in [1.807, 2.05) is 30.3 Å². The van der Waals surface area contributed by atoms with Crippen molar-refractivity contribution in [2.45, 2.75) is 12.5 Å². The number of carbonyl (C=O) groups is 1. The first-order valence-corrected chi connectivity index (χ1v) is 9.52. The number of rotatable bonds is 6. The molecule has 0 fully saturated rings. The first-order chi connectivity index (χ1) is 14.5. The van der Waals surface area contributed by atoms with Crippen molar-refractivity contribution >= 4 is 29.6 Å². The standard InChI is InChI=1S/C21H18ClN5O3/c22-16-6-7-18(27-13-23-24-25-27)17(12-16)15-8-9-26(20(28)11-15)19(21(29)30)10-14-4-2-1-3-5-14/h1-9,11-13,19,24-25H,10H2,(H,29,30). The van der Waals surface area contributed by atoms with Crippen LogP contribution >= 0.6 is 11.6 Å². The van der Waals surface area contributed by atoms with Crippen molar-refractivity contribution in [1.29, 1.82) is 0 Å². The second-order valence-corrected chi connectivity index (χ2v) is 7.14. The summed E-state index contributed by atoms with van der Waals surface area (Å²) in [6, 6.07) is 16.6. The number of benzene rings is 2. The Balaban J connectivity index is 1.71. The number of hydrogen-bond donors (Lipinski definition) is 3. The molecule has 0 saturated heterocycles. The smallest absolute Gasteiger partial charge is 0.327 e. The fourth-order valence-electron chi connectivity index (χ4n) is 3.33. The summed E-state index contributed by atoms with van der Waals surface area (Å²) in [6.45, 7) is 0. The SMILES string of the molecule is O=C(O)C(Cc1ccccc1)n1ccc(-c2cc(Cl)ccc2N2C=NNN2)cc1=O. The maximum absolute atomic E-state index is 12.9. The van der Waals surface area contributed by atoms with Crippen molar-refractivity contribution in [3.8, 4) is 11.1 Å². The van der Waals surface area contributed by atoms with Crippen molar-refractivity contribution in [2.24, 2.45) is 5.10 Å². The van der Waals surface area contributed by atoms with Gasteiger partial charge in [0.05, 0.1) is 5.69 Å². The van der Waals surface area contributed by atoms with Gasteiger partial charge in [-0.25, -0.2) is 15.3 Å². The molecule has 0 aliphatic carbocycles. The zero-order valence-electron chi connectivity index (χ0n) is 15.7. The lowest BCUT2D eigenvalue weighted by atomic mass is 10.0. The van der Waals surface area contributed by atoms with Gasteiger partial charge < -0.3 is 9.67 Å². The third-order valence-electron chi connectivity index (χ3n) is 4.78. The van der Waals surface area contributed by atoms with Crippen LogP contribution in [0.1, 0.15) is 11.6 Å². The number of hydrazone groups is 1. The lowest BCUT2D eigenvalue weighted by molar-refractivity contribution is -0.141. The van der Waals surface area contributed by atoms with E-state index in [4.69, 9.17) is 11.6 Å². The molecule has 0 spiro atoms. The lowest BCUT2D eigenvalue weighted by Gasteiger charge is -2.19. The van der Waals surface area contributed by atoms with Crippen LogP contribution in [-0.4, -0.2) is 22.0 Å². The van der Waals surface area contributed by atoms with Crippen molar-refractivity contribution in [3.05, 3.63) is 87.8 Å². The van der Waals surface area contributed by atoms with Gasteiger partial charge in [-0.2, -0.15) is 5.10 Å². The number of aromatic nitrogens is 1. The number of carboxylic acid groups (broad SMARTS) is 1. The Kier molecular flexibility index (Phi) is 5.51. The van der Waals surface area contributed by atoms with Gasteiger partial charge in [0.15, 0.2) is 0 Å². The number of carboxylic acids is 1. The molecule has 30 heavy (non-hydrogen) atoms. The molecule has 0 amide bonds. The molecule has 2 heterocycles. The molecule has 152 valence electrons. The van der Waals surface area contributed by atoms with E-state index in [9.17, 15) is 14.7 Å². The van der Waals surface area contributed by atoms with E-state index in [-0.39, 0.29) is 6.42 Å². The van der Waals surface area contributed by atoms with Gasteiger partial charge in [0.25, 0.3) is 5.56 Å². The Labute approximate surface area is 177 Å². The molecule has 1 aliphatic heterocycles. The van der Waals surface area contributed by atoms with Crippen molar-refractivity contribution in [3.63, 3.8) is 0 Å². The summed E-state index contributed by atoms with van der Waals surface area (Å²) in [5, 5.41) is 15.8. The van der Waals surface area contributed by atoms with Gasteiger partial charge in [0.2, 0.25) is 0 Å². The van der Waals surface area contributed by atoms with Crippen LogP contribution in [-0.2, 0) is 11.2 Å². The normalized spacial score (nSPS) is 13.8. The van der Waals surface area contributed by atoms with E-state index in [0.29, 0.717) is 16.1 Å². The highest BCUT2D eigenvalue weighted by atomic mass is 35.5. The summed E-state index contributed by atoms with van der Waals surface area (Å²) in [5.74, 6) is -1.07. The first kappa shape index (κ1) is 19.7. The van der Waals surface area contributed by atoms with Crippen LogP contribution in [0.3, 0.4) is 0 Å². The van der Waals surface area contributed by atoms with Crippen LogP contribution in [0, 0.1) is 0 Å². The monoisotopic (exact) mass is 423 g/mol. The number of aliphatic carboxylic acids is 1. The molecule has 8 nitrogen and oxygen atoms in total. The van der Waals surface area contributed by atoms with Gasteiger partial charge in [-0.05, 0) is 35.4 Å². The molecule has 4 rings (SSSR count). The van der Waals surface area contributed by atoms with E-state index in [1.54, 1.807) is 35.6 Å². The van der Waals surface area contributed by atoms with Gasteiger partial charge in [0, 0.05) is 29.3 Å². The van der Waals surface area contributed by atoms with E-state index in [1.165, 1.54) is 16.8 Å². The predicted molar refractivity (Wildman–Crippen MR) is 115 cm³/mol. The third kappa shape index (κ3) is 4.05. The van der Waals surface area contributed by atoms with Gasteiger partial charge >= 0.3 is 5.97 Å². The van der Waals surface area contributed by atoms with Crippen molar-refractivity contribution in [1.82, 2.24) is 15.6 Å². The van der Waals surface area contributed by atoms with Crippen LogP contribution in [0.15, 0.2) is 76.8 Å². The summed E-state index contributed by atoms with van der Waals surface area (Å²) in [4.78, 5) is 24.7. The second-order valence-electron chi connectivity index (χ2n) is 6.70. The van der Waals surface area contributed by atoms with Crippen molar-refractivity contribution in [2.75, 3.05) is 5.01 Å². The summed E-state index contributed by atoms with van der Waals surface area (Å²) in [5.41, 5.74) is 7.92. The number of nitrogens with one attached hydrogen (secondary N) is 2. The number of pyridine rings is 1. The molecular weight excluding hydrogens is 406 g/mol. The van der Waals surface area contributed by atoms with Crippen LogP contribution in [0.5, 0.6) is 0 Å². The van der Waals surface area contributed by atoms with E-state index >= 15 is 0 Å². The summed E-state index contributed by atoms with van der Waals surface area (Å²) >= 11 is 6.18. The summed E-state index contributed by atoms with van der Waals surface area (Å²) in [7, 11) is 0. The zero-order valence-corrected chi connectivity index (χ0v) is 16.5. The molecule has 9 heteroatoms. The maximum Gasteiger partial charge on any atom is 0.327 e. The maximum atomic E-state index is 12.9. The number of hydrogen-bond acceptors (Lipinski definition) is 6. The molecule has 0 bridgehead atoms. The number of halogens is 1. The minimum Gasteiger partial charge on any atom is -0.480 e. The lowest BCUT2D eigenvalue weighted by Crippen LogP contribution is -2.37. The molecule has 0 saturated carbocycles. The van der Waals surface area contributed by atoms with Gasteiger partial charge in [-0.15, -0.1) is 5.53 Å². The highest BCUT2D eigenvalue weighted by molar-refractivity contribution is 6.31. The molecule has 1 atom stereocenters. The topological polar surface area (TPSA) is 99.0 Å². The summed E-state index contributed by atoms with van der Waals surface area (Å²) < 4.78 is 1.24. The first-order valence-electron chi connectivity index (χ1n) is 9.15. The Morgan fingerprint density at radius 3 is 2.60 bits per heavy atom. The van der Waals surface area contributed by atoms with E-state index in [0.717, 1.165) is 11.3 Å². The van der Waals surface area contributed by atoms with Gasteiger partial charge in [-0.3, -0.25) is 4.79 Å². The minimum absolute atomic E-state index is 0.206. The van der Waals surface area contributed by atoms with Crippen LogP contribution < -0.4 is 21.6 Å². The molecule has 3 aromatic rings. The average molecular weight is 424 g/mol. The van der Waals surface area contributed by atoms with Crippen LogP contribution in [0.25, 0.3) is 11.1 Å².